The highest BCUT2D eigenvalue weighted by atomic mass is 35.5. The number of carbonyl (C=O) groups excluding carboxylic acids is 2. The summed E-state index contributed by atoms with van der Waals surface area (Å²) in [5, 5.41) is 12.8. The molecule has 156 valence electrons. The number of nitrogens with one attached hydrogen (secondary N) is 1. The lowest BCUT2D eigenvalue weighted by atomic mass is 10.1. The van der Waals surface area contributed by atoms with E-state index in [2.05, 4.69) is 5.32 Å². The van der Waals surface area contributed by atoms with Crippen LogP contribution in [0, 0.1) is 0 Å². The Kier molecular flexibility index (Phi) is 7.63. The van der Waals surface area contributed by atoms with Crippen molar-refractivity contribution in [2.45, 2.75) is 18.6 Å². The Balaban J connectivity index is 2.49. The maximum atomic E-state index is 13.1. The van der Waals surface area contributed by atoms with Crippen molar-refractivity contribution in [1.29, 1.82) is 0 Å². The van der Waals surface area contributed by atoms with Crippen LogP contribution in [0.15, 0.2) is 41.8 Å². The standard InChI is InChI=1S/C18H16ClF3N2O4S/c19-10-14(25)24(12-4-1-3-11(9-12)18(20,21)22)16(13-5-2-8-29-13)17(28)23-7-6-15(26)27/h1-5,8-9,16H,6-7,10H2,(H,23,28)(H,26,27). The number of anilines is 1. The maximum absolute atomic E-state index is 13.1. The van der Waals surface area contributed by atoms with E-state index in [1.165, 1.54) is 6.07 Å². The molecule has 0 saturated carbocycles. The summed E-state index contributed by atoms with van der Waals surface area (Å²) in [6, 6.07) is 5.86. The van der Waals surface area contributed by atoms with Crippen molar-refractivity contribution in [3.63, 3.8) is 0 Å². The summed E-state index contributed by atoms with van der Waals surface area (Å²) in [5.74, 6) is -3.22. The van der Waals surface area contributed by atoms with Crippen molar-refractivity contribution in [2.75, 3.05) is 17.3 Å². The lowest BCUT2D eigenvalue weighted by Gasteiger charge is -2.30. The number of amides is 2. The number of carboxylic acids is 1. The second-order valence-corrected chi connectivity index (χ2v) is 7.04. The van der Waals surface area contributed by atoms with Crippen LogP contribution in [0.1, 0.15) is 22.9 Å². The number of rotatable bonds is 8. The number of thiophene rings is 1. The first-order chi connectivity index (χ1) is 13.6. The van der Waals surface area contributed by atoms with Gasteiger partial charge in [0.1, 0.15) is 11.9 Å². The zero-order valence-electron chi connectivity index (χ0n) is 14.8. The predicted octanol–water partition coefficient (Wildman–Crippen LogP) is 3.67. The van der Waals surface area contributed by atoms with Gasteiger partial charge in [0.05, 0.1) is 12.0 Å². The summed E-state index contributed by atoms with van der Waals surface area (Å²) in [7, 11) is 0. The SMILES string of the molecule is O=C(O)CCNC(=O)C(c1cccs1)N(C(=O)CCl)c1cccc(C(F)(F)F)c1. The number of carboxylic acid groups (broad SMARTS) is 1. The minimum absolute atomic E-state index is 0.155. The van der Waals surface area contributed by atoms with Gasteiger partial charge in [-0.2, -0.15) is 13.2 Å². The summed E-state index contributed by atoms with van der Waals surface area (Å²) in [4.78, 5) is 37.3. The first kappa shape index (κ1) is 22.7. The van der Waals surface area contributed by atoms with Crippen LogP contribution in [0.4, 0.5) is 18.9 Å². The van der Waals surface area contributed by atoms with Gasteiger partial charge >= 0.3 is 12.1 Å². The molecule has 0 aliphatic carbocycles. The first-order valence-electron chi connectivity index (χ1n) is 8.23. The van der Waals surface area contributed by atoms with Gasteiger partial charge in [0.2, 0.25) is 11.8 Å². The molecule has 1 unspecified atom stereocenters. The van der Waals surface area contributed by atoms with Crippen LogP contribution in [0.5, 0.6) is 0 Å². The van der Waals surface area contributed by atoms with Crippen LogP contribution in [-0.2, 0) is 20.6 Å². The van der Waals surface area contributed by atoms with Crippen molar-refractivity contribution in [1.82, 2.24) is 5.32 Å². The lowest BCUT2D eigenvalue weighted by molar-refractivity contribution is -0.138. The topological polar surface area (TPSA) is 86.7 Å². The first-order valence-corrected chi connectivity index (χ1v) is 9.64. The lowest BCUT2D eigenvalue weighted by Crippen LogP contribution is -2.44. The third kappa shape index (κ3) is 5.94. The van der Waals surface area contributed by atoms with E-state index in [4.69, 9.17) is 16.7 Å². The Hall–Kier alpha value is -2.59. The Labute approximate surface area is 172 Å². The average molecular weight is 449 g/mol. The summed E-state index contributed by atoms with van der Waals surface area (Å²) in [6.45, 7) is -0.207. The van der Waals surface area contributed by atoms with Gasteiger partial charge < -0.3 is 10.4 Å². The van der Waals surface area contributed by atoms with Crippen LogP contribution in [0.25, 0.3) is 0 Å². The maximum Gasteiger partial charge on any atom is 0.416 e. The third-order valence-corrected chi connectivity index (χ3v) is 4.95. The molecule has 11 heteroatoms. The summed E-state index contributed by atoms with van der Waals surface area (Å²) in [6.07, 6.45) is -5.00. The highest BCUT2D eigenvalue weighted by molar-refractivity contribution is 7.10. The van der Waals surface area contributed by atoms with E-state index in [1.54, 1.807) is 17.5 Å². The number of carbonyl (C=O) groups is 3. The molecule has 0 radical (unpaired) electrons. The van der Waals surface area contributed by atoms with Gasteiger partial charge in [0, 0.05) is 17.1 Å². The van der Waals surface area contributed by atoms with Crippen LogP contribution in [-0.4, -0.2) is 35.3 Å². The second-order valence-electron chi connectivity index (χ2n) is 5.80. The smallest absolute Gasteiger partial charge is 0.416 e. The molecule has 0 saturated heterocycles. The quantitative estimate of drug-likeness (QED) is 0.603. The van der Waals surface area contributed by atoms with Crippen molar-refractivity contribution < 1.29 is 32.7 Å². The van der Waals surface area contributed by atoms with Gasteiger partial charge in [-0.1, -0.05) is 12.1 Å². The van der Waals surface area contributed by atoms with Crippen molar-refractivity contribution >= 4 is 46.4 Å². The molecule has 0 spiro atoms. The molecule has 29 heavy (non-hydrogen) atoms. The van der Waals surface area contributed by atoms with Gasteiger partial charge in [-0.05, 0) is 29.6 Å². The Morgan fingerprint density at radius 3 is 2.48 bits per heavy atom. The normalized spacial score (nSPS) is 12.3. The molecular weight excluding hydrogens is 433 g/mol. The van der Waals surface area contributed by atoms with E-state index < -0.39 is 41.4 Å². The summed E-state index contributed by atoms with van der Waals surface area (Å²) >= 11 is 6.79. The number of nitrogens with zero attached hydrogens (tertiary/aromatic N) is 1. The molecule has 6 nitrogen and oxygen atoms in total. The molecule has 0 bridgehead atoms. The number of benzene rings is 1. The molecule has 0 aliphatic heterocycles. The van der Waals surface area contributed by atoms with E-state index in [-0.39, 0.29) is 18.7 Å². The molecule has 1 aromatic heterocycles. The van der Waals surface area contributed by atoms with Gasteiger partial charge in [-0.15, -0.1) is 22.9 Å². The fraction of sp³-hybridized carbons (Fsp3) is 0.278. The zero-order chi connectivity index (χ0) is 21.6. The number of alkyl halides is 4. The number of halogens is 4. The van der Waals surface area contributed by atoms with Crippen molar-refractivity contribution in [2.24, 2.45) is 0 Å². The van der Waals surface area contributed by atoms with Gasteiger partial charge in [-0.3, -0.25) is 19.3 Å². The Morgan fingerprint density at radius 1 is 1.21 bits per heavy atom. The predicted molar refractivity (Wildman–Crippen MR) is 102 cm³/mol. The third-order valence-electron chi connectivity index (χ3n) is 3.79. The fourth-order valence-corrected chi connectivity index (χ4v) is 3.48. The van der Waals surface area contributed by atoms with Crippen LogP contribution < -0.4 is 10.2 Å². The molecule has 1 aromatic carbocycles. The molecule has 1 heterocycles. The van der Waals surface area contributed by atoms with E-state index in [0.29, 0.717) is 4.88 Å². The molecule has 0 fully saturated rings. The van der Waals surface area contributed by atoms with E-state index in [9.17, 15) is 27.6 Å². The Bertz CT molecular complexity index is 874. The minimum atomic E-state index is -4.64. The summed E-state index contributed by atoms with van der Waals surface area (Å²) in [5.41, 5.74) is -1.14. The van der Waals surface area contributed by atoms with Crippen LogP contribution in [0.2, 0.25) is 0 Å². The van der Waals surface area contributed by atoms with Crippen molar-refractivity contribution in [3.05, 3.63) is 52.2 Å². The van der Waals surface area contributed by atoms with E-state index in [1.807, 2.05) is 0 Å². The fourth-order valence-electron chi connectivity index (χ4n) is 2.54. The van der Waals surface area contributed by atoms with Crippen LogP contribution in [0.3, 0.4) is 0 Å². The largest absolute Gasteiger partial charge is 0.481 e. The highest BCUT2D eigenvalue weighted by Gasteiger charge is 2.35. The molecular formula is C18H16ClF3N2O4S. The monoisotopic (exact) mass is 448 g/mol. The highest BCUT2D eigenvalue weighted by Crippen LogP contribution is 2.35. The number of hydrogen-bond acceptors (Lipinski definition) is 4. The molecule has 2 N–H and O–H groups in total. The molecule has 1 atom stereocenters. The van der Waals surface area contributed by atoms with Crippen LogP contribution >= 0.6 is 22.9 Å². The van der Waals surface area contributed by atoms with Gasteiger partial charge in [0.15, 0.2) is 0 Å². The molecule has 0 aliphatic rings. The van der Waals surface area contributed by atoms with E-state index in [0.717, 1.165) is 34.4 Å². The molecule has 2 rings (SSSR count). The number of aliphatic carboxylic acids is 1. The second kappa shape index (κ2) is 9.75. The average Bonchev–Trinajstić information content (AvgIpc) is 3.18. The number of hydrogen-bond donors (Lipinski definition) is 2. The molecule has 2 amide bonds. The van der Waals surface area contributed by atoms with Crippen molar-refractivity contribution in [3.8, 4) is 0 Å². The van der Waals surface area contributed by atoms with E-state index >= 15 is 0 Å². The van der Waals surface area contributed by atoms with Gasteiger partial charge in [-0.25, -0.2) is 0 Å². The Morgan fingerprint density at radius 2 is 1.93 bits per heavy atom. The van der Waals surface area contributed by atoms with Gasteiger partial charge in [0.25, 0.3) is 0 Å². The molecule has 2 aromatic rings. The zero-order valence-corrected chi connectivity index (χ0v) is 16.4. The minimum Gasteiger partial charge on any atom is -0.481 e. The summed E-state index contributed by atoms with van der Waals surface area (Å²) < 4.78 is 39.4.